The zero-order valence-electron chi connectivity index (χ0n) is 20.4. The molecule has 0 radical (unpaired) electrons. The number of carbonyl (C=O) groups is 1. The first kappa shape index (κ1) is 26.2. The van der Waals surface area contributed by atoms with E-state index in [2.05, 4.69) is 4.90 Å². The third-order valence-electron chi connectivity index (χ3n) is 6.57. The lowest BCUT2D eigenvalue weighted by molar-refractivity contribution is -0.139. The van der Waals surface area contributed by atoms with Gasteiger partial charge in [-0.05, 0) is 46.9 Å². The Morgan fingerprint density at radius 1 is 0.811 bits per heavy atom. The molecule has 0 bridgehead atoms. The summed E-state index contributed by atoms with van der Waals surface area (Å²) in [5.41, 5.74) is 2.42. The van der Waals surface area contributed by atoms with Crippen LogP contribution in [-0.4, -0.2) is 16.0 Å². The molecule has 0 saturated carbocycles. The van der Waals surface area contributed by atoms with Crippen molar-refractivity contribution in [2.45, 2.75) is 38.1 Å². The molecule has 0 spiro atoms. The van der Waals surface area contributed by atoms with E-state index in [0.717, 1.165) is 17.2 Å². The van der Waals surface area contributed by atoms with Crippen LogP contribution in [0.3, 0.4) is 0 Å². The average molecular weight is 504 g/mol. The highest BCUT2D eigenvalue weighted by Crippen LogP contribution is 2.39. The molecular formula is C31H28F3NO2. The van der Waals surface area contributed by atoms with E-state index in [9.17, 15) is 23.1 Å². The summed E-state index contributed by atoms with van der Waals surface area (Å²) in [7, 11) is 0. The Kier molecular flexibility index (Phi) is 8.09. The van der Waals surface area contributed by atoms with Crippen molar-refractivity contribution < 1.29 is 23.1 Å². The van der Waals surface area contributed by atoms with E-state index in [-0.39, 0.29) is 18.0 Å². The minimum Gasteiger partial charge on any atom is -0.481 e. The van der Waals surface area contributed by atoms with Gasteiger partial charge in [-0.15, -0.1) is 0 Å². The molecule has 4 rings (SSSR count). The first-order valence-electron chi connectivity index (χ1n) is 12.1. The van der Waals surface area contributed by atoms with E-state index in [4.69, 9.17) is 0 Å². The van der Waals surface area contributed by atoms with Crippen LogP contribution >= 0.6 is 0 Å². The molecule has 0 heterocycles. The number of carboxylic acid groups (broad SMARTS) is 1. The van der Waals surface area contributed by atoms with Gasteiger partial charge in [0, 0.05) is 18.6 Å². The summed E-state index contributed by atoms with van der Waals surface area (Å²) < 4.78 is 41.2. The molecule has 1 unspecified atom stereocenters. The predicted molar refractivity (Wildman–Crippen MR) is 139 cm³/mol. The number of alkyl halides is 3. The number of aliphatic carboxylic acids is 1. The second kappa shape index (κ2) is 11.4. The van der Waals surface area contributed by atoms with Crippen LogP contribution < -0.4 is 0 Å². The van der Waals surface area contributed by atoms with Crippen LogP contribution in [0.4, 0.5) is 13.2 Å². The van der Waals surface area contributed by atoms with Crippen molar-refractivity contribution in [2.24, 2.45) is 0 Å². The van der Waals surface area contributed by atoms with Crippen molar-refractivity contribution in [1.29, 1.82) is 0 Å². The van der Waals surface area contributed by atoms with Crippen LogP contribution in [0.25, 0.3) is 11.1 Å². The van der Waals surface area contributed by atoms with Gasteiger partial charge < -0.3 is 5.11 Å². The monoisotopic (exact) mass is 503 g/mol. The first-order valence-corrected chi connectivity index (χ1v) is 12.1. The number of hydrogen-bond donors (Lipinski definition) is 1. The first-order chi connectivity index (χ1) is 17.7. The zero-order valence-corrected chi connectivity index (χ0v) is 20.4. The van der Waals surface area contributed by atoms with Gasteiger partial charge >= 0.3 is 12.1 Å². The van der Waals surface area contributed by atoms with E-state index >= 15 is 0 Å². The van der Waals surface area contributed by atoms with E-state index in [1.165, 1.54) is 12.1 Å². The van der Waals surface area contributed by atoms with Crippen molar-refractivity contribution in [3.05, 3.63) is 131 Å². The van der Waals surface area contributed by atoms with Gasteiger partial charge in [-0.3, -0.25) is 9.69 Å². The van der Waals surface area contributed by atoms with E-state index in [1.54, 1.807) is 30.3 Å². The molecule has 1 N–H and O–H groups in total. The van der Waals surface area contributed by atoms with Crippen LogP contribution in [0.15, 0.2) is 109 Å². The third-order valence-corrected chi connectivity index (χ3v) is 6.57. The lowest BCUT2D eigenvalue weighted by atomic mass is 9.92. The highest BCUT2D eigenvalue weighted by atomic mass is 19.4. The SMILES string of the molecule is C[C@H](c1ccccc1)N(Cc1ccccc1)C(CC(=O)O)c1cccc(-c2ccccc2C(F)(F)F)c1. The van der Waals surface area contributed by atoms with Crippen molar-refractivity contribution in [2.75, 3.05) is 0 Å². The minimum atomic E-state index is -4.51. The summed E-state index contributed by atoms with van der Waals surface area (Å²) in [5, 5.41) is 9.87. The predicted octanol–water partition coefficient (Wildman–Crippen LogP) is 8.15. The Balaban J connectivity index is 1.81. The van der Waals surface area contributed by atoms with Gasteiger partial charge in [-0.2, -0.15) is 13.2 Å². The number of rotatable bonds is 9. The van der Waals surface area contributed by atoms with Crippen molar-refractivity contribution in [3.8, 4) is 11.1 Å². The smallest absolute Gasteiger partial charge is 0.417 e. The molecule has 4 aromatic rings. The topological polar surface area (TPSA) is 40.5 Å². The molecule has 4 aromatic carbocycles. The Morgan fingerprint density at radius 2 is 1.41 bits per heavy atom. The van der Waals surface area contributed by atoms with Crippen LogP contribution in [0.2, 0.25) is 0 Å². The minimum absolute atomic E-state index is 0.0663. The number of hydrogen-bond acceptors (Lipinski definition) is 2. The van der Waals surface area contributed by atoms with Crippen LogP contribution in [0.5, 0.6) is 0 Å². The third kappa shape index (κ3) is 6.46. The molecule has 0 saturated heterocycles. The molecule has 0 aliphatic heterocycles. The molecule has 190 valence electrons. The van der Waals surface area contributed by atoms with Gasteiger partial charge in [0.15, 0.2) is 0 Å². The van der Waals surface area contributed by atoms with Gasteiger partial charge in [-0.25, -0.2) is 0 Å². The lowest BCUT2D eigenvalue weighted by Gasteiger charge is -2.37. The van der Waals surface area contributed by atoms with Gasteiger partial charge in [0.25, 0.3) is 0 Å². The van der Waals surface area contributed by atoms with Gasteiger partial charge in [-0.1, -0.05) is 97.1 Å². The zero-order chi connectivity index (χ0) is 26.4. The second-order valence-electron chi connectivity index (χ2n) is 9.03. The maximum atomic E-state index is 13.7. The molecular weight excluding hydrogens is 475 g/mol. The molecule has 0 fully saturated rings. The summed E-state index contributed by atoms with van der Waals surface area (Å²) >= 11 is 0. The summed E-state index contributed by atoms with van der Waals surface area (Å²) in [6.07, 6.45) is -4.71. The maximum absolute atomic E-state index is 13.7. The van der Waals surface area contributed by atoms with E-state index in [0.29, 0.717) is 17.7 Å². The summed E-state index contributed by atoms with van der Waals surface area (Å²) in [6, 6.07) is 31.1. The number of nitrogens with zero attached hydrogens (tertiary/aromatic N) is 1. The largest absolute Gasteiger partial charge is 0.481 e. The van der Waals surface area contributed by atoms with E-state index in [1.807, 2.05) is 67.6 Å². The van der Waals surface area contributed by atoms with Crippen LogP contribution in [-0.2, 0) is 17.5 Å². The van der Waals surface area contributed by atoms with Gasteiger partial charge in [0.1, 0.15) is 0 Å². The van der Waals surface area contributed by atoms with Gasteiger partial charge in [0.2, 0.25) is 0 Å². The Hall–Kier alpha value is -3.90. The number of carboxylic acids is 1. The molecule has 2 atom stereocenters. The molecule has 0 aliphatic carbocycles. The van der Waals surface area contributed by atoms with Crippen molar-refractivity contribution >= 4 is 5.97 Å². The normalized spacial score (nSPS) is 13.3. The van der Waals surface area contributed by atoms with Crippen molar-refractivity contribution in [1.82, 2.24) is 4.90 Å². The van der Waals surface area contributed by atoms with Crippen molar-refractivity contribution in [3.63, 3.8) is 0 Å². The van der Waals surface area contributed by atoms with Gasteiger partial charge in [0.05, 0.1) is 12.0 Å². The maximum Gasteiger partial charge on any atom is 0.417 e. The summed E-state index contributed by atoms with van der Waals surface area (Å²) in [4.78, 5) is 14.2. The number of benzene rings is 4. The average Bonchev–Trinajstić information content (AvgIpc) is 2.91. The lowest BCUT2D eigenvalue weighted by Crippen LogP contribution is -2.32. The molecule has 0 aromatic heterocycles. The fourth-order valence-corrected chi connectivity index (χ4v) is 4.72. The fourth-order valence-electron chi connectivity index (χ4n) is 4.72. The molecule has 0 aliphatic rings. The Morgan fingerprint density at radius 3 is 2.05 bits per heavy atom. The van der Waals surface area contributed by atoms with Crippen LogP contribution in [0, 0.1) is 0 Å². The molecule has 6 heteroatoms. The molecule has 0 amide bonds. The summed E-state index contributed by atoms with van der Waals surface area (Å²) in [6.45, 7) is 2.49. The van der Waals surface area contributed by atoms with E-state index < -0.39 is 23.8 Å². The fraction of sp³-hybridized carbons (Fsp3) is 0.194. The number of halogens is 3. The quantitative estimate of drug-likeness (QED) is 0.251. The Bertz CT molecular complexity index is 1320. The Labute approximate surface area is 214 Å². The highest BCUT2D eigenvalue weighted by Gasteiger charge is 2.34. The standard InChI is InChI=1S/C31H28F3NO2/c1-22(24-13-6-3-7-14-24)35(21-23-11-4-2-5-12-23)29(20-30(36)37)26-16-10-15-25(19-26)27-17-8-9-18-28(27)31(32,33)34/h2-19,22,29H,20-21H2,1H3,(H,36,37)/t22-,29?/m1/s1. The molecule has 37 heavy (non-hydrogen) atoms. The summed E-state index contributed by atoms with van der Waals surface area (Å²) in [5.74, 6) is -0.982. The molecule has 3 nitrogen and oxygen atoms in total. The second-order valence-corrected chi connectivity index (χ2v) is 9.03. The highest BCUT2D eigenvalue weighted by molar-refractivity contribution is 5.70. The van der Waals surface area contributed by atoms with Crippen LogP contribution in [0.1, 0.15) is 47.7 Å².